The van der Waals surface area contributed by atoms with E-state index in [2.05, 4.69) is 10.1 Å². The van der Waals surface area contributed by atoms with Crippen molar-refractivity contribution in [2.24, 2.45) is 7.05 Å². The summed E-state index contributed by atoms with van der Waals surface area (Å²) in [5.41, 5.74) is 1.57. The summed E-state index contributed by atoms with van der Waals surface area (Å²) in [5.74, 6) is 0.525. The third-order valence-corrected chi connectivity index (χ3v) is 3.24. The van der Waals surface area contributed by atoms with Gasteiger partial charge in [0.15, 0.2) is 0 Å². The first kappa shape index (κ1) is 15.4. The number of H-pyrrole nitrogens is 1. The quantitative estimate of drug-likeness (QED) is 0.575. The van der Waals surface area contributed by atoms with Crippen LogP contribution in [0.5, 0.6) is 11.5 Å². The van der Waals surface area contributed by atoms with Crippen molar-refractivity contribution < 1.29 is 14.3 Å². The van der Waals surface area contributed by atoms with Gasteiger partial charge in [-0.15, -0.1) is 0 Å². The van der Waals surface area contributed by atoms with Gasteiger partial charge < -0.3 is 14.5 Å². The Morgan fingerprint density at radius 2 is 2.08 bits per heavy atom. The lowest BCUT2D eigenvalue weighted by molar-refractivity contribution is 0.0735. The average Bonchev–Trinajstić information content (AvgIpc) is 3.23. The van der Waals surface area contributed by atoms with Gasteiger partial charge in [0.2, 0.25) is 0 Å². The van der Waals surface area contributed by atoms with Gasteiger partial charge in [0.1, 0.15) is 29.9 Å². The molecule has 0 bridgehead atoms. The number of aromatic nitrogens is 3. The number of aryl methyl sites for hydroxylation is 1. The van der Waals surface area contributed by atoms with Crippen molar-refractivity contribution in [3.8, 4) is 17.6 Å². The Morgan fingerprint density at radius 3 is 2.71 bits per heavy atom. The fraction of sp³-hybridized carbons (Fsp3) is 0.118. The maximum absolute atomic E-state index is 11.9. The van der Waals surface area contributed by atoms with Crippen molar-refractivity contribution in [2.45, 2.75) is 6.61 Å². The highest BCUT2D eigenvalue weighted by molar-refractivity contribution is 5.91. The summed E-state index contributed by atoms with van der Waals surface area (Å²) in [4.78, 5) is 14.6. The maximum Gasteiger partial charge on any atom is 0.345 e. The van der Waals surface area contributed by atoms with E-state index in [1.165, 1.54) is 12.3 Å². The SMILES string of the molecule is Cn1cc(COc2ccc(OC(=O)c3c[nH]c(C#N)c3)cc2)cn1. The van der Waals surface area contributed by atoms with Crippen LogP contribution < -0.4 is 9.47 Å². The molecular formula is C17H14N4O3. The highest BCUT2D eigenvalue weighted by Crippen LogP contribution is 2.19. The highest BCUT2D eigenvalue weighted by Gasteiger charge is 2.11. The zero-order valence-corrected chi connectivity index (χ0v) is 12.9. The van der Waals surface area contributed by atoms with Crippen molar-refractivity contribution in [2.75, 3.05) is 0 Å². The number of nitriles is 1. The van der Waals surface area contributed by atoms with Gasteiger partial charge in [-0.05, 0) is 30.3 Å². The van der Waals surface area contributed by atoms with E-state index in [0.717, 1.165) is 5.56 Å². The van der Waals surface area contributed by atoms with Gasteiger partial charge in [0, 0.05) is 25.0 Å². The first-order valence-electron chi connectivity index (χ1n) is 7.15. The summed E-state index contributed by atoms with van der Waals surface area (Å²) in [5, 5.41) is 12.8. The van der Waals surface area contributed by atoms with Gasteiger partial charge in [-0.25, -0.2) is 4.79 Å². The molecule has 24 heavy (non-hydrogen) atoms. The molecule has 3 aromatic rings. The number of rotatable bonds is 5. The van der Waals surface area contributed by atoms with E-state index in [-0.39, 0.29) is 0 Å². The first-order valence-corrected chi connectivity index (χ1v) is 7.15. The third kappa shape index (κ3) is 3.62. The molecule has 1 N–H and O–H groups in total. The Kier molecular flexibility index (Phi) is 4.29. The minimum absolute atomic E-state index is 0.295. The van der Waals surface area contributed by atoms with Crippen LogP contribution in [0, 0.1) is 11.3 Å². The summed E-state index contributed by atoms with van der Waals surface area (Å²) in [6.45, 7) is 0.410. The molecule has 0 atom stereocenters. The summed E-state index contributed by atoms with van der Waals surface area (Å²) in [6.07, 6.45) is 5.05. The van der Waals surface area contributed by atoms with Crippen LogP contribution in [0.1, 0.15) is 21.6 Å². The number of aromatic amines is 1. The molecule has 0 unspecified atom stereocenters. The Labute approximate surface area is 138 Å². The molecule has 0 radical (unpaired) electrons. The normalized spacial score (nSPS) is 10.2. The molecule has 1 aromatic carbocycles. The second-order valence-corrected chi connectivity index (χ2v) is 5.09. The Hall–Kier alpha value is -3.53. The summed E-state index contributed by atoms with van der Waals surface area (Å²) < 4.78 is 12.6. The standard InChI is InChI=1S/C17H14N4O3/c1-21-10-12(8-20-21)11-23-15-2-4-16(5-3-15)24-17(22)13-6-14(7-18)19-9-13/h2-6,8-10,19H,11H2,1H3. The first-order chi connectivity index (χ1) is 11.6. The fourth-order valence-corrected chi connectivity index (χ4v) is 2.06. The van der Waals surface area contributed by atoms with Gasteiger partial charge in [-0.3, -0.25) is 4.68 Å². The van der Waals surface area contributed by atoms with E-state index in [4.69, 9.17) is 14.7 Å². The Balaban J connectivity index is 1.58. The second-order valence-electron chi connectivity index (χ2n) is 5.09. The fourth-order valence-electron chi connectivity index (χ4n) is 2.06. The molecule has 0 aliphatic carbocycles. The monoisotopic (exact) mass is 322 g/mol. The second kappa shape index (κ2) is 6.71. The molecule has 120 valence electrons. The van der Waals surface area contributed by atoms with Crippen LogP contribution in [-0.4, -0.2) is 20.7 Å². The molecule has 0 spiro atoms. The number of hydrogen-bond donors (Lipinski definition) is 1. The lowest BCUT2D eigenvalue weighted by Gasteiger charge is -2.06. The molecule has 3 rings (SSSR count). The molecule has 0 saturated carbocycles. The maximum atomic E-state index is 11.9. The van der Waals surface area contributed by atoms with E-state index in [0.29, 0.717) is 29.4 Å². The van der Waals surface area contributed by atoms with Crippen molar-refractivity contribution in [3.63, 3.8) is 0 Å². The largest absolute Gasteiger partial charge is 0.489 e. The van der Waals surface area contributed by atoms with Gasteiger partial charge in [0.05, 0.1) is 11.8 Å². The van der Waals surface area contributed by atoms with E-state index in [9.17, 15) is 4.79 Å². The molecule has 7 nitrogen and oxygen atoms in total. The average molecular weight is 322 g/mol. The minimum atomic E-state index is -0.531. The lowest BCUT2D eigenvalue weighted by Crippen LogP contribution is -2.07. The van der Waals surface area contributed by atoms with E-state index in [1.807, 2.05) is 19.3 Å². The van der Waals surface area contributed by atoms with Crippen LogP contribution in [0.2, 0.25) is 0 Å². The van der Waals surface area contributed by atoms with Gasteiger partial charge >= 0.3 is 5.97 Å². The number of esters is 1. The highest BCUT2D eigenvalue weighted by atomic mass is 16.5. The molecule has 0 aliphatic rings. The molecule has 2 aromatic heterocycles. The van der Waals surface area contributed by atoms with Gasteiger partial charge in [-0.2, -0.15) is 10.4 Å². The zero-order chi connectivity index (χ0) is 16.9. The summed E-state index contributed by atoms with van der Waals surface area (Å²) in [7, 11) is 1.84. The number of ether oxygens (including phenoxy) is 2. The van der Waals surface area contributed by atoms with E-state index < -0.39 is 5.97 Å². The van der Waals surface area contributed by atoms with Crippen LogP contribution in [0.3, 0.4) is 0 Å². The number of carbonyl (C=O) groups is 1. The predicted octanol–water partition coefficient (Wildman–Crippen LogP) is 2.42. The number of nitrogens with one attached hydrogen (secondary N) is 1. The number of nitrogens with zero attached hydrogens (tertiary/aromatic N) is 3. The topological polar surface area (TPSA) is 92.9 Å². The zero-order valence-electron chi connectivity index (χ0n) is 12.9. The number of benzene rings is 1. The van der Waals surface area contributed by atoms with Crippen LogP contribution in [0.4, 0.5) is 0 Å². The van der Waals surface area contributed by atoms with Gasteiger partial charge in [0.25, 0.3) is 0 Å². The minimum Gasteiger partial charge on any atom is -0.489 e. The molecule has 0 fully saturated rings. The summed E-state index contributed by atoms with van der Waals surface area (Å²) >= 11 is 0. The van der Waals surface area contributed by atoms with Crippen molar-refractivity contribution in [1.29, 1.82) is 5.26 Å². The summed E-state index contributed by atoms with van der Waals surface area (Å²) in [6, 6.07) is 10.1. The molecule has 0 amide bonds. The van der Waals surface area contributed by atoms with Gasteiger partial charge in [-0.1, -0.05) is 0 Å². The van der Waals surface area contributed by atoms with Crippen molar-refractivity contribution in [3.05, 3.63) is 65.7 Å². The molecule has 2 heterocycles. The molecule has 0 aliphatic heterocycles. The van der Waals surface area contributed by atoms with E-state index >= 15 is 0 Å². The number of hydrogen-bond acceptors (Lipinski definition) is 5. The third-order valence-electron chi connectivity index (χ3n) is 3.24. The van der Waals surface area contributed by atoms with E-state index in [1.54, 1.807) is 35.1 Å². The van der Waals surface area contributed by atoms with Crippen LogP contribution in [-0.2, 0) is 13.7 Å². The van der Waals surface area contributed by atoms with Crippen LogP contribution in [0.15, 0.2) is 48.9 Å². The predicted molar refractivity (Wildman–Crippen MR) is 84.4 cm³/mol. The molecule has 7 heteroatoms. The smallest absolute Gasteiger partial charge is 0.345 e. The molecule has 0 saturated heterocycles. The molecular weight excluding hydrogens is 308 g/mol. The van der Waals surface area contributed by atoms with Crippen molar-refractivity contribution in [1.82, 2.24) is 14.8 Å². The van der Waals surface area contributed by atoms with Crippen LogP contribution >= 0.6 is 0 Å². The number of carbonyl (C=O) groups excluding carboxylic acids is 1. The Morgan fingerprint density at radius 1 is 1.33 bits per heavy atom. The lowest BCUT2D eigenvalue weighted by atomic mass is 10.3. The Bertz CT molecular complexity index is 887. The van der Waals surface area contributed by atoms with Crippen molar-refractivity contribution >= 4 is 5.97 Å². The van der Waals surface area contributed by atoms with Crippen LogP contribution in [0.25, 0.3) is 0 Å².